The van der Waals surface area contributed by atoms with Crippen molar-refractivity contribution in [1.29, 1.82) is 0 Å². The molecule has 4 heterocycles. The molecule has 0 aliphatic carbocycles. The Kier molecular flexibility index (Phi) is 4.28. The van der Waals surface area contributed by atoms with E-state index in [0.717, 1.165) is 36.1 Å². The van der Waals surface area contributed by atoms with Crippen LogP contribution in [0.2, 0.25) is 0 Å². The number of rotatable bonds is 5. The summed E-state index contributed by atoms with van der Waals surface area (Å²) in [5.74, 6) is 1.25. The van der Waals surface area contributed by atoms with Gasteiger partial charge in [0.1, 0.15) is 17.0 Å². The first-order valence-electron chi connectivity index (χ1n) is 9.77. The molecule has 1 unspecified atom stereocenters. The molecule has 2 aromatic heterocycles. The second kappa shape index (κ2) is 6.95. The number of benzene rings is 1. The number of pyridine rings is 1. The molecule has 5 rings (SSSR count). The Morgan fingerprint density at radius 1 is 1.29 bits per heavy atom. The largest absolute Gasteiger partial charge is 0.492 e. The lowest BCUT2D eigenvalue weighted by Crippen LogP contribution is -2.66. The van der Waals surface area contributed by atoms with E-state index in [1.165, 1.54) is 0 Å². The van der Waals surface area contributed by atoms with Crippen LogP contribution in [-0.4, -0.2) is 52.7 Å². The van der Waals surface area contributed by atoms with Crippen LogP contribution in [0.25, 0.3) is 10.9 Å². The number of nitrogens with zero attached hydrogens (tertiary/aromatic N) is 2. The van der Waals surface area contributed by atoms with Crippen molar-refractivity contribution in [3.63, 3.8) is 0 Å². The maximum absolute atomic E-state index is 12.8. The number of hydrogen-bond acceptors (Lipinski definition) is 4. The number of aromatic amines is 1. The van der Waals surface area contributed by atoms with Crippen molar-refractivity contribution in [3.8, 4) is 5.75 Å². The Bertz CT molecular complexity index is 946. The Morgan fingerprint density at radius 2 is 2.18 bits per heavy atom. The van der Waals surface area contributed by atoms with Crippen LogP contribution in [0.15, 0.2) is 54.9 Å². The maximum atomic E-state index is 12.8. The van der Waals surface area contributed by atoms with Gasteiger partial charge in [-0.25, -0.2) is 0 Å². The van der Waals surface area contributed by atoms with E-state index >= 15 is 0 Å². The van der Waals surface area contributed by atoms with Crippen LogP contribution in [0.4, 0.5) is 0 Å². The van der Waals surface area contributed by atoms with Crippen LogP contribution in [-0.2, 0) is 4.74 Å². The summed E-state index contributed by atoms with van der Waals surface area (Å²) in [5.41, 5.74) is 1.43. The number of carbonyl (C=O) groups is 1. The third-order valence-electron chi connectivity index (χ3n) is 5.93. The molecule has 1 atom stereocenters. The van der Waals surface area contributed by atoms with Crippen molar-refractivity contribution in [2.75, 3.05) is 26.3 Å². The van der Waals surface area contributed by atoms with Gasteiger partial charge < -0.3 is 19.4 Å². The van der Waals surface area contributed by atoms with Crippen molar-refractivity contribution in [1.82, 2.24) is 14.9 Å². The number of amides is 1. The standard InChI is InChI=1S/C22H23N3O3/c26-21(20-12-16-4-1-2-6-19(16)24-20)25-14-22(15-25)17(8-11-28-22)7-10-27-18-5-3-9-23-13-18/h1-6,9,12-13,17,24H,7-8,10-11,14-15H2. The molecule has 1 spiro atoms. The van der Waals surface area contributed by atoms with E-state index in [2.05, 4.69) is 9.97 Å². The van der Waals surface area contributed by atoms with E-state index in [4.69, 9.17) is 9.47 Å². The minimum Gasteiger partial charge on any atom is -0.492 e. The number of para-hydroxylation sites is 1. The number of H-pyrrole nitrogens is 1. The van der Waals surface area contributed by atoms with E-state index < -0.39 is 0 Å². The number of nitrogens with one attached hydrogen (secondary N) is 1. The predicted molar refractivity (Wildman–Crippen MR) is 105 cm³/mol. The molecule has 1 aromatic carbocycles. The molecular weight excluding hydrogens is 354 g/mol. The number of carbonyl (C=O) groups excluding carboxylic acids is 1. The predicted octanol–water partition coefficient (Wildman–Crippen LogP) is 3.26. The first-order valence-corrected chi connectivity index (χ1v) is 9.77. The Balaban J connectivity index is 1.19. The van der Waals surface area contributed by atoms with Gasteiger partial charge in [-0.2, -0.15) is 0 Å². The highest BCUT2D eigenvalue weighted by Gasteiger charge is 2.54. The zero-order valence-electron chi connectivity index (χ0n) is 15.6. The second-order valence-electron chi connectivity index (χ2n) is 7.66. The fraction of sp³-hybridized carbons (Fsp3) is 0.364. The molecule has 28 heavy (non-hydrogen) atoms. The number of aromatic nitrogens is 2. The molecule has 3 aromatic rings. The van der Waals surface area contributed by atoms with Crippen LogP contribution >= 0.6 is 0 Å². The van der Waals surface area contributed by atoms with Crippen LogP contribution in [0, 0.1) is 5.92 Å². The van der Waals surface area contributed by atoms with E-state index in [-0.39, 0.29) is 11.5 Å². The van der Waals surface area contributed by atoms with E-state index in [0.29, 0.717) is 31.3 Å². The molecule has 0 radical (unpaired) electrons. The number of likely N-dealkylation sites (tertiary alicyclic amines) is 1. The van der Waals surface area contributed by atoms with Gasteiger partial charge in [0.25, 0.3) is 5.91 Å². The summed E-state index contributed by atoms with van der Waals surface area (Å²) in [6.07, 6.45) is 5.40. The van der Waals surface area contributed by atoms with Crippen LogP contribution in [0.3, 0.4) is 0 Å². The summed E-state index contributed by atoms with van der Waals surface area (Å²) in [5, 5.41) is 1.06. The summed E-state index contributed by atoms with van der Waals surface area (Å²) in [7, 11) is 0. The van der Waals surface area contributed by atoms with Crippen LogP contribution in [0.1, 0.15) is 23.3 Å². The van der Waals surface area contributed by atoms with Crippen molar-refractivity contribution in [3.05, 3.63) is 60.6 Å². The minimum atomic E-state index is -0.208. The second-order valence-corrected chi connectivity index (χ2v) is 7.66. The third-order valence-corrected chi connectivity index (χ3v) is 5.93. The molecule has 0 bridgehead atoms. The first kappa shape index (κ1) is 17.3. The highest BCUT2D eigenvalue weighted by atomic mass is 16.5. The smallest absolute Gasteiger partial charge is 0.270 e. The monoisotopic (exact) mass is 377 g/mol. The molecule has 2 saturated heterocycles. The molecule has 1 amide bonds. The van der Waals surface area contributed by atoms with Gasteiger partial charge in [0.2, 0.25) is 0 Å². The quantitative estimate of drug-likeness (QED) is 0.741. The topological polar surface area (TPSA) is 67.5 Å². The Hall–Kier alpha value is -2.86. The summed E-state index contributed by atoms with van der Waals surface area (Å²) in [6, 6.07) is 13.7. The summed E-state index contributed by atoms with van der Waals surface area (Å²) in [6.45, 7) is 2.70. The summed E-state index contributed by atoms with van der Waals surface area (Å²) < 4.78 is 11.9. The van der Waals surface area contributed by atoms with Crippen LogP contribution < -0.4 is 4.74 Å². The van der Waals surface area contributed by atoms with Crippen molar-refractivity contribution >= 4 is 16.8 Å². The number of ether oxygens (including phenoxy) is 2. The molecule has 2 aliphatic heterocycles. The van der Waals surface area contributed by atoms with Gasteiger partial charge in [-0.1, -0.05) is 18.2 Å². The number of fused-ring (bicyclic) bond motifs is 1. The van der Waals surface area contributed by atoms with Crippen molar-refractivity contribution < 1.29 is 14.3 Å². The van der Waals surface area contributed by atoms with Gasteiger partial charge in [0, 0.05) is 23.7 Å². The number of hydrogen-bond donors (Lipinski definition) is 1. The third kappa shape index (κ3) is 3.03. The lowest BCUT2D eigenvalue weighted by Gasteiger charge is -2.50. The zero-order valence-corrected chi connectivity index (χ0v) is 15.6. The van der Waals surface area contributed by atoms with E-state index in [1.807, 2.05) is 47.4 Å². The summed E-state index contributed by atoms with van der Waals surface area (Å²) in [4.78, 5) is 22.0. The minimum absolute atomic E-state index is 0.0442. The van der Waals surface area contributed by atoms with Crippen molar-refractivity contribution in [2.45, 2.75) is 18.4 Å². The van der Waals surface area contributed by atoms with Gasteiger partial charge in [0.05, 0.1) is 25.9 Å². The molecule has 6 heteroatoms. The maximum Gasteiger partial charge on any atom is 0.270 e. The van der Waals surface area contributed by atoms with Gasteiger partial charge in [0.15, 0.2) is 0 Å². The fourth-order valence-corrected chi connectivity index (χ4v) is 4.40. The first-order chi connectivity index (χ1) is 13.7. The van der Waals surface area contributed by atoms with Crippen LogP contribution in [0.5, 0.6) is 5.75 Å². The molecular formula is C22H23N3O3. The molecule has 1 N–H and O–H groups in total. The van der Waals surface area contributed by atoms with Gasteiger partial charge in [-0.05, 0) is 43.0 Å². The van der Waals surface area contributed by atoms with Gasteiger partial charge in [-0.3, -0.25) is 9.78 Å². The average molecular weight is 377 g/mol. The molecule has 2 aliphatic rings. The van der Waals surface area contributed by atoms with Crippen molar-refractivity contribution in [2.24, 2.45) is 5.92 Å². The Morgan fingerprint density at radius 3 is 3.00 bits per heavy atom. The Labute approximate surface area is 163 Å². The fourth-order valence-electron chi connectivity index (χ4n) is 4.40. The molecule has 2 fully saturated rings. The highest BCUT2D eigenvalue weighted by molar-refractivity contribution is 5.98. The zero-order chi connectivity index (χ0) is 19.0. The van der Waals surface area contributed by atoms with Gasteiger partial charge >= 0.3 is 0 Å². The summed E-state index contributed by atoms with van der Waals surface area (Å²) >= 11 is 0. The van der Waals surface area contributed by atoms with E-state index in [9.17, 15) is 4.79 Å². The average Bonchev–Trinajstić information content (AvgIpc) is 3.31. The highest BCUT2D eigenvalue weighted by Crippen LogP contribution is 2.42. The molecule has 0 saturated carbocycles. The normalized spacial score (nSPS) is 20.4. The van der Waals surface area contributed by atoms with E-state index in [1.54, 1.807) is 12.4 Å². The lowest BCUT2D eigenvalue weighted by atomic mass is 9.79. The molecule has 144 valence electrons. The SMILES string of the molecule is O=C(c1cc2ccccc2[nH]1)N1CC2(C1)OCCC2CCOc1cccnc1. The lowest BCUT2D eigenvalue weighted by molar-refractivity contribution is -0.119. The molecule has 6 nitrogen and oxygen atoms in total. The van der Waals surface area contributed by atoms with Gasteiger partial charge in [-0.15, -0.1) is 0 Å².